The fourth-order valence-corrected chi connectivity index (χ4v) is 4.14. The van der Waals surface area contributed by atoms with Crippen molar-refractivity contribution in [3.05, 3.63) is 12.3 Å². The molecule has 0 spiro atoms. The summed E-state index contributed by atoms with van der Waals surface area (Å²) in [4.78, 5) is 14.2. The van der Waals surface area contributed by atoms with Crippen LogP contribution in [-0.4, -0.2) is 65.3 Å². The summed E-state index contributed by atoms with van der Waals surface area (Å²) in [6.45, 7) is 5.79. The van der Waals surface area contributed by atoms with E-state index in [1.54, 1.807) is 0 Å². The standard InChI is InChI=1S/C20H35N5O/c26-16-7-3-6-12-24-15-8-9-18(24)17-22-20-21-11-10-19(23-20)25-13-4-1-2-5-14-25/h10-11,18,26H,1-9,12-17H2,(H,21,22,23). The Hall–Kier alpha value is -1.40. The number of hydrogen-bond donors (Lipinski definition) is 2. The van der Waals surface area contributed by atoms with Gasteiger partial charge >= 0.3 is 0 Å². The van der Waals surface area contributed by atoms with Gasteiger partial charge in [0.1, 0.15) is 5.82 Å². The summed E-state index contributed by atoms with van der Waals surface area (Å²) in [6, 6.07) is 2.62. The van der Waals surface area contributed by atoms with Crippen LogP contribution >= 0.6 is 0 Å². The molecule has 2 aliphatic heterocycles. The predicted octanol–water partition coefficient (Wildman–Crippen LogP) is 2.90. The second kappa shape index (κ2) is 10.7. The van der Waals surface area contributed by atoms with Crippen LogP contribution < -0.4 is 10.2 Å². The number of aliphatic hydroxyl groups is 1. The van der Waals surface area contributed by atoms with E-state index < -0.39 is 0 Å². The Labute approximate surface area is 158 Å². The third-order valence-electron chi connectivity index (χ3n) is 5.67. The monoisotopic (exact) mass is 361 g/mol. The number of likely N-dealkylation sites (tertiary alicyclic amines) is 1. The summed E-state index contributed by atoms with van der Waals surface area (Å²) in [5.41, 5.74) is 0. The van der Waals surface area contributed by atoms with Crippen LogP contribution in [0.3, 0.4) is 0 Å². The molecule has 2 fully saturated rings. The molecule has 0 aromatic carbocycles. The number of aliphatic hydroxyl groups excluding tert-OH is 1. The molecular formula is C20H35N5O. The number of nitrogens with zero attached hydrogens (tertiary/aromatic N) is 4. The van der Waals surface area contributed by atoms with Crippen LogP contribution in [-0.2, 0) is 0 Å². The van der Waals surface area contributed by atoms with Crippen molar-refractivity contribution in [2.75, 3.05) is 49.5 Å². The molecule has 2 saturated heterocycles. The number of hydrogen-bond acceptors (Lipinski definition) is 6. The molecule has 26 heavy (non-hydrogen) atoms. The van der Waals surface area contributed by atoms with Crippen molar-refractivity contribution in [3.8, 4) is 0 Å². The van der Waals surface area contributed by atoms with Gasteiger partial charge in [-0.2, -0.15) is 4.98 Å². The first-order chi connectivity index (χ1) is 12.9. The Morgan fingerprint density at radius 2 is 1.88 bits per heavy atom. The quantitative estimate of drug-likeness (QED) is 0.660. The first-order valence-electron chi connectivity index (χ1n) is 10.5. The minimum atomic E-state index is 0.315. The molecule has 6 nitrogen and oxygen atoms in total. The minimum Gasteiger partial charge on any atom is -0.396 e. The number of anilines is 2. The Kier molecular flexibility index (Phi) is 7.95. The Balaban J connectivity index is 1.48. The van der Waals surface area contributed by atoms with E-state index in [1.165, 1.54) is 51.5 Å². The summed E-state index contributed by atoms with van der Waals surface area (Å²) >= 11 is 0. The molecule has 1 aromatic heterocycles. The first kappa shape index (κ1) is 19.4. The lowest BCUT2D eigenvalue weighted by Gasteiger charge is -2.25. The van der Waals surface area contributed by atoms with Gasteiger partial charge in [0.2, 0.25) is 5.95 Å². The lowest BCUT2D eigenvalue weighted by molar-refractivity contribution is 0.245. The highest BCUT2D eigenvalue weighted by Gasteiger charge is 2.24. The number of aromatic nitrogens is 2. The lowest BCUT2D eigenvalue weighted by Crippen LogP contribution is -2.36. The molecule has 1 atom stereocenters. The van der Waals surface area contributed by atoms with Gasteiger partial charge in [-0.25, -0.2) is 4.98 Å². The van der Waals surface area contributed by atoms with Crippen LogP contribution in [0.4, 0.5) is 11.8 Å². The van der Waals surface area contributed by atoms with Gasteiger partial charge in [-0.05, 0) is 64.1 Å². The van der Waals surface area contributed by atoms with Crippen LogP contribution in [0.15, 0.2) is 12.3 Å². The van der Waals surface area contributed by atoms with Crippen molar-refractivity contribution in [3.63, 3.8) is 0 Å². The summed E-state index contributed by atoms with van der Waals surface area (Å²) in [5.74, 6) is 1.83. The van der Waals surface area contributed by atoms with Gasteiger partial charge in [-0.15, -0.1) is 0 Å². The van der Waals surface area contributed by atoms with Crippen molar-refractivity contribution in [2.24, 2.45) is 0 Å². The topological polar surface area (TPSA) is 64.5 Å². The van der Waals surface area contributed by atoms with Gasteiger partial charge < -0.3 is 15.3 Å². The molecule has 0 radical (unpaired) electrons. The maximum Gasteiger partial charge on any atom is 0.224 e. The van der Waals surface area contributed by atoms with Gasteiger partial charge in [-0.3, -0.25) is 4.90 Å². The van der Waals surface area contributed by atoms with Crippen molar-refractivity contribution >= 4 is 11.8 Å². The van der Waals surface area contributed by atoms with E-state index in [9.17, 15) is 0 Å². The van der Waals surface area contributed by atoms with E-state index in [0.29, 0.717) is 12.6 Å². The highest BCUT2D eigenvalue weighted by atomic mass is 16.2. The number of unbranched alkanes of at least 4 members (excludes halogenated alkanes) is 2. The van der Waals surface area contributed by atoms with E-state index in [0.717, 1.165) is 50.8 Å². The Morgan fingerprint density at radius 3 is 2.69 bits per heavy atom. The third kappa shape index (κ3) is 5.81. The van der Waals surface area contributed by atoms with Gasteiger partial charge in [0.15, 0.2) is 0 Å². The maximum absolute atomic E-state index is 8.91. The first-order valence-corrected chi connectivity index (χ1v) is 10.5. The molecule has 1 aromatic rings. The molecule has 0 bridgehead atoms. The highest BCUT2D eigenvalue weighted by molar-refractivity contribution is 5.42. The fraction of sp³-hybridized carbons (Fsp3) is 0.800. The molecule has 0 saturated carbocycles. The maximum atomic E-state index is 8.91. The third-order valence-corrected chi connectivity index (χ3v) is 5.67. The van der Waals surface area contributed by atoms with Crippen molar-refractivity contribution in [1.82, 2.24) is 14.9 Å². The van der Waals surface area contributed by atoms with Crippen molar-refractivity contribution in [2.45, 2.75) is 63.8 Å². The second-order valence-electron chi connectivity index (χ2n) is 7.64. The van der Waals surface area contributed by atoms with E-state index >= 15 is 0 Å². The minimum absolute atomic E-state index is 0.315. The Morgan fingerprint density at radius 1 is 1.04 bits per heavy atom. The zero-order chi connectivity index (χ0) is 18.0. The molecule has 0 amide bonds. The molecule has 3 heterocycles. The summed E-state index contributed by atoms with van der Waals surface area (Å²) in [5, 5.41) is 12.4. The molecule has 6 heteroatoms. The summed E-state index contributed by atoms with van der Waals surface area (Å²) in [7, 11) is 0. The molecule has 2 aliphatic rings. The van der Waals surface area contributed by atoms with Crippen LogP contribution in [0.25, 0.3) is 0 Å². The van der Waals surface area contributed by atoms with Crippen molar-refractivity contribution < 1.29 is 5.11 Å². The van der Waals surface area contributed by atoms with E-state index in [1.807, 2.05) is 12.3 Å². The average molecular weight is 362 g/mol. The molecule has 146 valence electrons. The van der Waals surface area contributed by atoms with Gasteiger partial charge in [0.05, 0.1) is 0 Å². The summed E-state index contributed by atoms with van der Waals surface area (Å²) in [6.07, 6.45) is 12.8. The molecule has 2 N–H and O–H groups in total. The number of nitrogens with one attached hydrogen (secondary N) is 1. The van der Waals surface area contributed by atoms with E-state index in [-0.39, 0.29) is 0 Å². The van der Waals surface area contributed by atoms with E-state index in [4.69, 9.17) is 10.1 Å². The lowest BCUT2D eigenvalue weighted by atomic mass is 10.2. The zero-order valence-corrected chi connectivity index (χ0v) is 16.1. The second-order valence-corrected chi connectivity index (χ2v) is 7.64. The van der Waals surface area contributed by atoms with Crippen LogP contribution in [0, 0.1) is 0 Å². The fourth-order valence-electron chi connectivity index (χ4n) is 4.14. The number of rotatable bonds is 9. The summed E-state index contributed by atoms with van der Waals surface area (Å²) < 4.78 is 0. The normalized spacial score (nSPS) is 21.7. The van der Waals surface area contributed by atoms with E-state index in [2.05, 4.69) is 20.1 Å². The van der Waals surface area contributed by atoms with Gasteiger partial charge in [0.25, 0.3) is 0 Å². The van der Waals surface area contributed by atoms with Gasteiger partial charge in [-0.1, -0.05) is 12.8 Å². The molecule has 0 aliphatic carbocycles. The molecule has 3 rings (SSSR count). The highest BCUT2D eigenvalue weighted by Crippen LogP contribution is 2.20. The smallest absolute Gasteiger partial charge is 0.224 e. The zero-order valence-electron chi connectivity index (χ0n) is 16.1. The van der Waals surface area contributed by atoms with Crippen LogP contribution in [0.5, 0.6) is 0 Å². The predicted molar refractivity (Wildman–Crippen MR) is 107 cm³/mol. The van der Waals surface area contributed by atoms with Gasteiger partial charge in [0, 0.05) is 38.5 Å². The average Bonchev–Trinajstić information content (AvgIpc) is 2.94. The van der Waals surface area contributed by atoms with Crippen molar-refractivity contribution in [1.29, 1.82) is 0 Å². The van der Waals surface area contributed by atoms with Crippen LogP contribution in [0.2, 0.25) is 0 Å². The molecular weight excluding hydrogens is 326 g/mol. The largest absolute Gasteiger partial charge is 0.396 e. The van der Waals surface area contributed by atoms with Crippen LogP contribution in [0.1, 0.15) is 57.8 Å². The molecule has 1 unspecified atom stereocenters. The Bertz CT molecular complexity index is 519. The SMILES string of the molecule is OCCCCCN1CCCC1CNc1nccc(N2CCCCCC2)n1.